The molecule has 1 saturated heterocycles. The zero-order valence-corrected chi connectivity index (χ0v) is 10.8. The molecule has 1 aromatic carbocycles. The van der Waals surface area contributed by atoms with E-state index in [4.69, 9.17) is 4.74 Å². The number of amides is 1. The van der Waals surface area contributed by atoms with Crippen molar-refractivity contribution in [3.63, 3.8) is 0 Å². The van der Waals surface area contributed by atoms with Crippen molar-refractivity contribution in [2.24, 2.45) is 0 Å². The SMILES string of the molecule is Cc1cccc(C(=O)NC2(C)CCOCC2)c1O. The molecule has 18 heavy (non-hydrogen) atoms. The molecule has 4 heteroatoms. The largest absolute Gasteiger partial charge is 0.507 e. The third kappa shape index (κ3) is 2.64. The number of hydrogen-bond donors (Lipinski definition) is 2. The van der Waals surface area contributed by atoms with Crippen LogP contribution in [0.4, 0.5) is 0 Å². The molecule has 0 saturated carbocycles. The predicted octanol–water partition coefficient (Wildman–Crippen LogP) is 2.00. The number of aromatic hydroxyl groups is 1. The van der Waals surface area contributed by atoms with E-state index < -0.39 is 0 Å². The first-order valence-electron chi connectivity index (χ1n) is 6.21. The molecule has 0 aliphatic carbocycles. The maximum absolute atomic E-state index is 12.2. The fraction of sp³-hybridized carbons (Fsp3) is 0.500. The molecule has 1 fully saturated rings. The Balaban J connectivity index is 2.14. The number of benzene rings is 1. The molecule has 1 amide bonds. The van der Waals surface area contributed by atoms with Gasteiger partial charge in [-0.3, -0.25) is 4.79 Å². The van der Waals surface area contributed by atoms with Crippen LogP contribution in [0.25, 0.3) is 0 Å². The summed E-state index contributed by atoms with van der Waals surface area (Å²) >= 11 is 0. The molecule has 1 aliphatic heterocycles. The van der Waals surface area contributed by atoms with Crippen molar-refractivity contribution >= 4 is 5.91 Å². The second-order valence-electron chi connectivity index (χ2n) is 5.10. The van der Waals surface area contributed by atoms with Crippen LogP contribution in [0.3, 0.4) is 0 Å². The standard InChI is InChI=1S/C14H19NO3/c1-10-4-3-5-11(12(10)16)13(17)15-14(2)6-8-18-9-7-14/h3-5,16H,6-9H2,1-2H3,(H,15,17). The number of para-hydroxylation sites is 1. The first-order valence-corrected chi connectivity index (χ1v) is 6.21. The van der Waals surface area contributed by atoms with Gasteiger partial charge in [0, 0.05) is 18.8 Å². The van der Waals surface area contributed by atoms with Gasteiger partial charge in [0.05, 0.1) is 5.56 Å². The number of carbonyl (C=O) groups excluding carboxylic acids is 1. The Kier molecular flexibility index (Phi) is 3.57. The highest BCUT2D eigenvalue weighted by Crippen LogP contribution is 2.24. The summed E-state index contributed by atoms with van der Waals surface area (Å²) in [5.41, 5.74) is 0.799. The number of phenols is 1. The van der Waals surface area contributed by atoms with Crippen molar-refractivity contribution in [2.75, 3.05) is 13.2 Å². The predicted molar refractivity (Wildman–Crippen MR) is 68.8 cm³/mol. The summed E-state index contributed by atoms with van der Waals surface area (Å²) in [5, 5.41) is 12.9. The summed E-state index contributed by atoms with van der Waals surface area (Å²) in [6, 6.07) is 5.19. The average molecular weight is 249 g/mol. The van der Waals surface area contributed by atoms with Gasteiger partial charge in [0.25, 0.3) is 5.91 Å². The fourth-order valence-electron chi connectivity index (χ4n) is 2.13. The molecule has 2 N–H and O–H groups in total. The Labute approximate surface area is 107 Å². The zero-order chi connectivity index (χ0) is 13.2. The van der Waals surface area contributed by atoms with Crippen LogP contribution in [0.15, 0.2) is 18.2 Å². The van der Waals surface area contributed by atoms with Crippen molar-refractivity contribution in [3.05, 3.63) is 29.3 Å². The van der Waals surface area contributed by atoms with Gasteiger partial charge < -0.3 is 15.2 Å². The third-order valence-corrected chi connectivity index (χ3v) is 3.49. The van der Waals surface area contributed by atoms with Crippen LogP contribution in [0.2, 0.25) is 0 Å². The topological polar surface area (TPSA) is 58.6 Å². The lowest BCUT2D eigenvalue weighted by molar-refractivity contribution is 0.0422. The Morgan fingerprint density at radius 2 is 2.06 bits per heavy atom. The van der Waals surface area contributed by atoms with Crippen LogP contribution >= 0.6 is 0 Å². The summed E-state index contributed by atoms with van der Waals surface area (Å²) in [7, 11) is 0. The van der Waals surface area contributed by atoms with Gasteiger partial charge in [-0.25, -0.2) is 0 Å². The van der Waals surface area contributed by atoms with E-state index in [2.05, 4.69) is 5.32 Å². The lowest BCUT2D eigenvalue weighted by atomic mass is 9.92. The van der Waals surface area contributed by atoms with Crippen LogP contribution in [0, 0.1) is 6.92 Å². The number of phenolic OH excluding ortho intramolecular Hbond substituents is 1. The van der Waals surface area contributed by atoms with Crippen LogP contribution in [-0.4, -0.2) is 29.8 Å². The first kappa shape index (κ1) is 12.9. The lowest BCUT2D eigenvalue weighted by Gasteiger charge is -2.34. The van der Waals surface area contributed by atoms with E-state index >= 15 is 0 Å². The molecule has 0 atom stereocenters. The van der Waals surface area contributed by atoms with E-state index in [1.165, 1.54) is 0 Å². The highest BCUT2D eigenvalue weighted by Gasteiger charge is 2.30. The maximum Gasteiger partial charge on any atom is 0.255 e. The van der Waals surface area contributed by atoms with Gasteiger partial charge >= 0.3 is 0 Å². The summed E-state index contributed by atoms with van der Waals surface area (Å²) in [5.74, 6) is -0.161. The van der Waals surface area contributed by atoms with E-state index in [1.807, 2.05) is 6.92 Å². The van der Waals surface area contributed by atoms with Gasteiger partial charge in [0.15, 0.2) is 0 Å². The molecule has 0 aromatic heterocycles. The molecular formula is C14H19NO3. The maximum atomic E-state index is 12.2. The lowest BCUT2D eigenvalue weighted by Crippen LogP contribution is -2.49. The van der Waals surface area contributed by atoms with Crippen molar-refractivity contribution in [1.82, 2.24) is 5.32 Å². The average Bonchev–Trinajstić information content (AvgIpc) is 2.33. The van der Waals surface area contributed by atoms with Crippen LogP contribution < -0.4 is 5.32 Å². The molecule has 2 rings (SSSR count). The van der Waals surface area contributed by atoms with Gasteiger partial charge in [-0.1, -0.05) is 12.1 Å². The van der Waals surface area contributed by atoms with Gasteiger partial charge in [-0.05, 0) is 38.3 Å². The number of hydrogen-bond acceptors (Lipinski definition) is 3. The summed E-state index contributed by atoms with van der Waals surface area (Å²) < 4.78 is 5.29. The number of aryl methyl sites for hydroxylation is 1. The molecule has 4 nitrogen and oxygen atoms in total. The minimum atomic E-state index is -0.245. The van der Waals surface area contributed by atoms with Gasteiger partial charge in [0.1, 0.15) is 5.75 Å². The van der Waals surface area contributed by atoms with E-state index in [-0.39, 0.29) is 17.2 Å². The highest BCUT2D eigenvalue weighted by molar-refractivity contribution is 5.97. The van der Waals surface area contributed by atoms with Gasteiger partial charge in [0.2, 0.25) is 0 Å². The minimum Gasteiger partial charge on any atom is -0.507 e. The van der Waals surface area contributed by atoms with Crippen molar-refractivity contribution in [1.29, 1.82) is 0 Å². The van der Waals surface area contributed by atoms with Gasteiger partial charge in [-0.15, -0.1) is 0 Å². The first-order chi connectivity index (χ1) is 8.52. The number of rotatable bonds is 2. The second-order valence-corrected chi connectivity index (χ2v) is 5.10. The number of nitrogens with one attached hydrogen (secondary N) is 1. The molecule has 1 aromatic rings. The van der Waals surface area contributed by atoms with E-state index in [1.54, 1.807) is 25.1 Å². The molecule has 1 aliphatic rings. The molecular weight excluding hydrogens is 230 g/mol. The van der Waals surface area contributed by atoms with Crippen LogP contribution in [0.1, 0.15) is 35.7 Å². The quantitative estimate of drug-likeness (QED) is 0.842. The summed E-state index contributed by atoms with van der Waals surface area (Å²) in [4.78, 5) is 12.2. The Morgan fingerprint density at radius 1 is 1.39 bits per heavy atom. The summed E-state index contributed by atoms with van der Waals surface area (Å²) in [6.45, 7) is 5.12. The molecule has 0 unspecified atom stereocenters. The Hall–Kier alpha value is -1.55. The molecule has 1 heterocycles. The van der Waals surface area contributed by atoms with Crippen molar-refractivity contribution in [2.45, 2.75) is 32.2 Å². The van der Waals surface area contributed by atoms with Gasteiger partial charge in [-0.2, -0.15) is 0 Å². The van der Waals surface area contributed by atoms with Crippen LogP contribution in [0.5, 0.6) is 5.75 Å². The molecule has 98 valence electrons. The third-order valence-electron chi connectivity index (χ3n) is 3.49. The molecule has 0 radical (unpaired) electrons. The Bertz CT molecular complexity index is 450. The van der Waals surface area contributed by atoms with Crippen molar-refractivity contribution in [3.8, 4) is 5.75 Å². The van der Waals surface area contributed by atoms with E-state index in [9.17, 15) is 9.90 Å². The summed E-state index contributed by atoms with van der Waals surface area (Å²) in [6.07, 6.45) is 1.59. The number of carbonyl (C=O) groups is 1. The van der Waals surface area contributed by atoms with E-state index in [0.717, 1.165) is 12.8 Å². The smallest absolute Gasteiger partial charge is 0.255 e. The minimum absolute atomic E-state index is 0.0608. The number of ether oxygens (including phenoxy) is 1. The van der Waals surface area contributed by atoms with Crippen LogP contribution in [-0.2, 0) is 4.74 Å². The van der Waals surface area contributed by atoms with Crippen molar-refractivity contribution < 1.29 is 14.6 Å². The second kappa shape index (κ2) is 4.98. The molecule has 0 bridgehead atoms. The highest BCUT2D eigenvalue weighted by atomic mass is 16.5. The van der Waals surface area contributed by atoms with E-state index in [0.29, 0.717) is 24.3 Å². The zero-order valence-electron chi connectivity index (χ0n) is 10.8. The molecule has 0 spiro atoms. The normalized spacial score (nSPS) is 18.3. The Morgan fingerprint density at radius 3 is 2.72 bits per heavy atom. The monoisotopic (exact) mass is 249 g/mol. The fourth-order valence-corrected chi connectivity index (χ4v) is 2.13.